The standard InChI is InChI=1S/C23H34O5.C6H14N2O2.C4H8O2/c1-2-3-4-7-17(24)9-10-18-19-11-15-6-5-8-22(28-14-23(26)27)20(15)12-16(19)13-21(18)25;7-4-2-1-3-5(8)6(9)10;1-3-6-4(2)5/h5-6,8,16-19,21,24-25H,2-4,7,9-14H2,1H3,(H,26,27);5H,1-4,7-8H2,(H,9,10);3H2,1-2H3/t16-,17-,18+,19-,21+;5-;/m00./s1. The fourth-order valence-electron chi connectivity index (χ4n) is 6.07. The van der Waals surface area contributed by atoms with Gasteiger partial charge in [0.25, 0.3) is 0 Å². The molecule has 0 unspecified atom stereocenters. The molecule has 0 saturated heterocycles. The Bertz CT molecular complexity index is 990. The lowest BCUT2D eigenvalue weighted by atomic mass is 9.73. The minimum absolute atomic E-state index is 0.211. The van der Waals surface area contributed by atoms with Gasteiger partial charge in [0.1, 0.15) is 11.8 Å². The van der Waals surface area contributed by atoms with Gasteiger partial charge in [-0.1, -0.05) is 44.7 Å². The number of carbonyl (C=O) groups is 3. The number of hydrogen-bond acceptors (Lipinski definition) is 9. The molecule has 1 fully saturated rings. The van der Waals surface area contributed by atoms with Gasteiger partial charge in [0.15, 0.2) is 6.61 Å². The summed E-state index contributed by atoms with van der Waals surface area (Å²) >= 11 is 0. The van der Waals surface area contributed by atoms with Crippen LogP contribution in [0.15, 0.2) is 18.2 Å². The molecule has 0 spiro atoms. The van der Waals surface area contributed by atoms with Gasteiger partial charge in [-0.05, 0) is 99.8 Å². The molecule has 0 amide bonds. The number of fused-ring (bicyclic) bond motifs is 2. The van der Waals surface area contributed by atoms with Crippen molar-refractivity contribution in [3.63, 3.8) is 0 Å². The van der Waals surface area contributed by atoms with Gasteiger partial charge < -0.3 is 41.4 Å². The maximum Gasteiger partial charge on any atom is 0.341 e. The molecule has 2 aliphatic carbocycles. The smallest absolute Gasteiger partial charge is 0.341 e. The van der Waals surface area contributed by atoms with Crippen molar-refractivity contribution in [2.24, 2.45) is 29.2 Å². The summed E-state index contributed by atoms with van der Waals surface area (Å²) in [7, 11) is 0. The van der Waals surface area contributed by atoms with Crippen LogP contribution in [0.2, 0.25) is 0 Å². The number of unbranched alkanes of at least 4 members (excludes halogenated alkanes) is 3. The Morgan fingerprint density at radius 1 is 1.02 bits per heavy atom. The Labute approximate surface area is 262 Å². The second kappa shape index (κ2) is 21.9. The van der Waals surface area contributed by atoms with E-state index in [0.717, 1.165) is 76.2 Å². The topological polar surface area (TPSA) is 203 Å². The van der Waals surface area contributed by atoms with Crippen LogP contribution in [-0.4, -0.2) is 76.3 Å². The minimum Gasteiger partial charge on any atom is -0.482 e. The lowest BCUT2D eigenvalue weighted by Crippen LogP contribution is -2.29. The fraction of sp³-hybridized carbons (Fsp3) is 0.727. The van der Waals surface area contributed by atoms with E-state index in [4.69, 9.17) is 26.4 Å². The number of carbonyl (C=O) groups excluding carboxylic acids is 1. The Morgan fingerprint density at radius 3 is 2.30 bits per heavy atom. The number of aliphatic hydroxyl groups is 2. The van der Waals surface area contributed by atoms with Crippen molar-refractivity contribution in [2.75, 3.05) is 19.8 Å². The Balaban J connectivity index is 0.000000500. The van der Waals surface area contributed by atoms with Crippen LogP contribution in [0.5, 0.6) is 5.75 Å². The van der Waals surface area contributed by atoms with Crippen LogP contribution < -0.4 is 16.2 Å². The number of esters is 1. The SMILES string of the molecule is CCCCC[C@H](O)CC[C@@H]1[C@H]2Cc3cccc(OCC(=O)O)c3C[C@H]2C[C@H]1O.CCOC(C)=O.NCCCC[C@H](N)C(=O)O. The van der Waals surface area contributed by atoms with Crippen molar-refractivity contribution >= 4 is 17.9 Å². The molecule has 6 atom stereocenters. The minimum atomic E-state index is -0.972. The first-order chi connectivity index (χ1) is 20.9. The highest BCUT2D eigenvalue weighted by Crippen LogP contribution is 2.48. The second-order valence-electron chi connectivity index (χ2n) is 11.8. The number of aliphatic hydroxyl groups excluding tert-OH is 2. The van der Waals surface area contributed by atoms with Crippen molar-refractivity contribution in [1.29, 1.82) is 0 Å². The Kier molecular flexibility index (Phi) is 19.5. The third-order valence-electron chi connectivity index (χ3n) is 8.31. The largest absolute Gasteiger partial charge is 0.482 e. The summed E-state index contributed by atoms with van der Waals surface area (Å²) in [6.45, 7) is 6.10. The molecule has 1 aromatic carbocycles. The number of rotatable bonds is 16. The average molecular weight is 625 g/mol. The number of hydrogen-bond donors (Lipinski definition) is 6. The van der Waals surface area contributed by atoms with Gasteiger partial charge in [-0.2, -0.15) is 0 Å². The molecule has 0 heterocycles. The summed E-state index contributed by atoms with van der Waals surface area (Å²) in [6, 6.07) is 5.15. The van der Waals surface area contributed by atoms with Gasteiger partial charge >= 0.3 is 17.9 Å². The lowest BCUT2D eigenvalue weighted by Gasteiger charge is -2.32. The molecule has 0 aliphatic heterocycles. The molecule has 11 heteroatoms. The number of benzene rings is 1. The molecular formula is C33H56N2O9. The molecule has 8 N–H and O–H groups in total. The summed E-state index contributed by atoms with van der Waals surface area (Å²) in [6.07, 6.45) is 10.0. The van der Waals surface area contributed by atoms with E-state index in [2.05, 4.69) is 17.7 Å². The van der Waals surface area contributed by atoms with Crippen LogP contribution in [0.25, 0.3) is 0 Å². The summed E-state index contributed by atoms with van der Waals surface area (Å²) < 4.78 is 9.90. The normalized spacial score (nSPS) is 21.2. The van der Waals surface area contributed by atoms with E-state index in [0.29, 0.717) is 37.2 Å². The van der Waals surface area contributed by atoms with Gasteiger partial charge in [-0.25, -0.2) is 4.79 Å². The zero-order valence-corrected chi connectivity index (χ0v) is 26.8. The summed E-state index contributed by atoms with van der Waals surface area (Å²) in [4.78, 5) is 30.8. The van der Waals surface area contributed by atoms with Gasteiger partial charge in [0, 0.05) is 6.92 Å². The van der Waals surface area contributed by atoms with E-state index >= 15 is 0 Å². The molecule has 0 aromatic heterocycles. The molecule has 11 nitrogen and oxygen atoms in total. The van der Waals surface area contributed by atoms with Crippen LogP contribution in [0, 0.1) is 17.8 Å². The van der Waals surface area contributed by atoms with Crippen molar-refractivity contribution in [3.8, 4) is 5.75 Å². The first-order valence-corrected chi connectivity index (χ1v) is 16.1. The molecule has 1 saturated carbocycles. The summed E-state index contributed by atoms with van der Waals surface area (Å²) in [5.41, 5.74) is 12.7. The van der Waals surface area contributed by atoms with Crippen molar-refractivity contribution in [2.45, 2.75) is 116 Å². The average Bonchev–Trinajstić information content (AvgIpc) is 3.27. The zero-order chi connectivity index (χ0) is 33.1. The Hall–Kier alpha value is -2.73. The zero-order valence-electron chi connectivity index (χ0n) is 26.8. The van der Waals surface area contributed by atoms with Gasteiger partial charge in [0.05, 0.1) is 18.8 Å². The third-order valence-corrected chi connectivity index (χ3v) is 8.31. The van der Waals surface area contributed by atoms with Gasteiger partial charge in [-0.3, -0.25) is 9.59 Å². The summed E-state index contributed by atoms with van der Waals surface area (Å²) in [5, 5.41) is 38.2. The molecular weight excluding hydrogens is 568 g/mol. The molecule has 44 heavy (non-hydrogen) atoms. The molecule has 3 rings (SSSR count). The molecule has 0 radical (unpaired) electrons. The van der Waals surface area contributed by atoms with Gasteiger partial charge in [0.2, 0.25) is 0 Å². The molecule has 0 bridgehead atoms. The van der Waals surface area contributed by atoms with E-state index in [9.17, 15) is 24.6 Å². The molecule has 252 valence electrons. The van der Waals surface area contributed by atoms with E-state index in [-0.39, 0.29) is 30.7 Å². The van der Waals surface area contributed by atoms with Crippen LogP contribution in [0.4, 0.5) is 0 Å². The number of carboxylic acids is 2. The maximum absolute atomic E-state index is 10.8. The van der Waals surface area contributed by atoms with E-state index in [1.165, 1.54) is 12.5 Å². The van der Waals surface area contributed by atoms with E-state index in [1.807, 2.05) is 12.1 Å². The number of carboxylic acid groups (broad SMARTS) is 2. The second-order valence-corrected chi connectivity index (χ2v) is 11.8. The van der Waals surface area contributed by atoms with Crippen LogP contribution in [0.1, 0.15) is 96.1 Å². The number of ether oxygens (including phenoxy) is 2. The van der Waals surface area contributed by atoms with Crippen molar-refractivity contribution < 1.29 is 44.3 Å². The monoisotopic (exact) mass is 624 g/mol. The van der Waals surface area contributed by atoms with E-state index in [1.54, 1.807) is 6.92 Å². The summed E-state index contributed by atoms with van der Waals surface area (Å²) in [5.74, 6) is -0.376. The Morgan fingerprint density at radius 2 is 1.73 bits per heavy atom. The van der Waals surface area contributed by atoms with Crippen molar-refractivity contribution in [3.05, 3.63) is 29.3 Å². The predicted molar refractivity (Wildman–Crippen MR) is 168 cm³/mol. The quantitative estimate of drug-likeness (QED) is 0.116. The van der Waals surface area contributed by atoms with Crippen LogP contribution in [0.3, 0.4) is 0 Å². The first kappa shape index (κ1) is 39.3. The molecule has 1 aromatic rings. The number of nitrogens with two attached hydrogens (primary N) is 2. The fourth-order valence-corrected chi connectivity index (χ4v) is 6.07. The lowest BCUT2D eigenvalue weighted by molar-refractivity contribution is -0.141. The first-order valence-electron chi connectivity index (χ1n) is 16.1. The highest BCUT2D eigenvalue weighted by Gasteiger charge is 2.44. The maximum atomic E-state index is 10.8. The predicted octanol–water partition coefficient (Wildman–Crippen LogP) is 3.68. The highest BCUT2D eigenvalue weighted by atomic mass is 16.5. The van der Waals surface area contributed by atoms with Crippen LogP contribution >= 0.6 is 0 Å². The van der Waals surface area contributed by atoms with Gasteiger partial charge in [-0.15, -0.1) is 0 Å². The molecule has 2 aliphatic rings. The van der Waals surface area contributed by atoms with E-state index < -0.39 is 18.0 Å². The highest BCUT2D eigenvalue weighted by molar-refractivity contribution is 5.72. The third kappa shape index (κ3) is 14.8. The number of aliphatic carboxylic acids is 2. The van der Waals surface area contributed by atoms with Crippen LogP contribution in [-0.2, 0) is 32.0 Å². The van der Waals surface area contributed by atoms with Crippen molar-refractivity contribution in [1.82, 2.24) is 0 Å².